The number of carbonyl (C=O) groups is 2. The van der Waals surface area contributed by atoms with E-state index >= 15 is 0 Å². The molecule has 1 saturated heterocycles. The second-order valence-electron chi connectivity index (χ2n) is 8.13. The van der Waals surface area contributed by atoms with Gasteiger partial charge in [0.2, 0.25) is 5.91 Å². The SMILES string of the molecule is CCOc1ccc(N2C(=O)C(CC(=O)Nc3ccc(F)cc3)N(CCc3sccc3C)C2=S)cc1. The van der Waals surface area contributed by atoms with E-state index in [-0.39, 0.29) is 24.1 Å². The standard InChI is InChI=1S/C26H26FN3O3S2/c1-3-33-21-10-8-20(9-11-21)30-25(32)22(16-24(31)28-19-6-4-18(27)5-7-19)29(26(30)34)14-12-23-17(2)13-15-35-23/h4-11,13,15,22H,3,12,14,16H2,1-2H3,(H,28,31). The van der Waals surface area contributed by atoms with Crippen molar-refractivity contribution in [2.45, 2.75) is 32.7 Å². The van der Waals surface area contributed by atoms with Gasteiger partial charge in [0.05, 0.1) is 18.7 Å². The quantitative estimate of drug-likeness (QED) is 0.402. The molecule has 1 unspecified atom stereocenters. The number of thiophene rings is 1. The number of hydrogen-bond donors (Lipinski definition) is 1. The number of hydrogen-bond acceptors (Lipinski definition) is 5. The number of carbonyl (C=O) groups excluding carboxylic acids is 2. The Kier molecular flexibility index (Phi) is 7.77. The van der Waals surface area contributed by atoms with Crippen molar-refractivity contribution in [2.24, 2.45) is 0 Å². The molecule has 1 N–H and O–H groups in total. The van der Waals surface area contributed by atoms with Crippen molar-refractivity contribution in [1.82, 2.24) is 4.90 Å². The highest BCUT2D eigenvalue weighted by Gasteiger charge is 2.44. The first-order valence-electron chi connectivity index (χ1n) is 11.3. The molecule has 0 saturated carbocycles. The zero-order valence-corrected chi connectivity index (χ0v) is 21.1. The largest absolute Gasteiger partial charge is 0.494 e. The number of rotatable bonds is 9. The number of amides is 2. The summed E-state index contributed by atoms with van der Waals surface area (Å²) in [4.78, 5) is 30.9. The van der Waals surface area contributed by atoms with Crippen molar-refractivity contribution >= 4 is 51.9 Å². The van der Waals surface area contributed by atoms with Gasteiger partial charge in [-0.25, -0.2) is 4.39 Å². The smallest absolute Gasteiger partial charge is 0.256 e. The Morgan fingerprint density at radius 3 is 2.49 bits per heavy atom. The van der Waals surface area contributed by atoms with Gasteiger partial charge >= 0.3 is 0 Å². The second kappa shape index (κ2) is 11.0. The van der Waals surface area contributed by atoms with Crippen molar-refractivity contribution in [3.05, 3.63) is 76.2 Å². The third-order valence-electron chi connectivity index (χ3n) is 5.78. The summed E-state index contributed by atoms with van der Waals surface area (Å²) < 4.78 is 18.7. The molecule has 6 nitrogen and oxygen atoms in total. The predicted molar refractivity (Wildman–Crippen MR) is 141 cm³/mol. The van der Waals surface area contributed by atoms with E-state index in [9.17, 15) is 14.0 Å². The summed E-state index contributed by atoms with van der Waals surface area (Å²) >= 11 is 7.40. The number of ether oxygens (including phenoxy) is 1. The third-order valence-corrected chi connectivity index (χ3v) is 7.28. The van der Waals surface area contributed by atoms with Crippen molar-refractivity contribution in [2.75, 3.05) is 23.4 Å². The van der Waals surface area contributed by atoms with Gasteiger partial charge in [0.25, 0.3) is 5.91 Å². The van der Waals surface area contributed by atoms with Crippen LogP contribution in [0.25, 0.3) is 0 Å². The molecule has 2 heterocycles. The van der Waals surface area contributed by atoms with Crippen LogP contribution in [0.5, 0.6) is 5.75 Å². The fourth-order valence-corrected chi connectivity index (χ4v) is 5.30. The van der Waals surface area contributed by atoms with E-state index < -0.39 is 6.04 Å². The summed E-state index contributed by atoms with van der Waals surface area (Å²) in [5, 5.41) is 5.15. The van der Waals surface area contributed by atoms with Crippen molar-refractivity contribution < 1.29 is 18.7 Å². The maximum Gasteiger partial charge on any atom is 0.256 e. The third kappa shape index (κ3) is 5.68. The maximum atomic E-state index is 13.5. The summed E-state index contributed by atoms with van der Waals surface area (Å²) in [6.07, 6.45) is 0.636. The predicted octanol–water partition coefficient (Wildman–Crippen LogP) is 5.17. The molecule has 3 aromatic rings. The molecule has 0 aliphatic carbocycles. The number of nitrogens with one attached hydrogen (secondary N) is 1. The van der Waals surface area contributed by atoms with E-state index in [4.69, 9.17) is 17.0 Å². The van der Waals surface area contributed by atoms with E-state index in [1.54, 1.807) is 35.6 Å². The van der Waals surface area contributed by atoms with Crippen LogP contribution in [0.3, 0.4) is 0 Å². The fourth-order valence-electron chi connectivity index (χ4n) is 3.99. The van der Waals surface area contributed by atoms with Crippen LogP contribution >= 0.6 is 23.6 Å². The van der Waals surface area contributed by atoms with E-state index in [1.165, 1.54) is 39.6 Å². The van der Waals surface area contributed by atoms with Gasteiger partial charge < -0.3 is 15.0 Å². The number of thiocarbonyl (C=S) groups is 1. The lowest BCUT2D eigenvalue weighted by Crippen LogP contribution is -2.39. The molecule has 35 heavy (non-hydrogen) atoms. The summed E-state index contributed by atoms with van der Waals surface area (Å²) in [6, 6.07) is 14.0. The Hall–Kier alpha value is -3.30. The average molecular weight is 512 g/mol. The summed E-state index contributed by atoms with van der Waals surface area (Å²) in [5.41, 5.74) is 2.29. The van der Waals surface area contributed by atoms with Crippen LogP contribution in [-0.4, -0.2) is 41.0 Å². The normalized spacial score (nSPS) is 15.6. The van der Waals surface area contributed by atoms with Gasteiger partial charge in [-0.05, 0) is 98.0 Å². The molecule has 1 atom stereocenters. The number of benzene rings is 2. The Bertz CT molecular complexity index is 1210. The second-order valence-corrected chi connectivity index (χ2v) is 9.49. The number of aryl methyl sites for hydroxylation is 1. The van der Waals surface area contributed by atoms with Crippen LogP contribution in [0.2, 0.25) is 0 Å². The van der Waals surface area contributed by atoms with Gasteiger partial charge in [-0.3, -0.25) is 14.5 Å². The molecule has 2 amide bonds. The van der Waals surface area contributed by atoms with Gasteiger partial charge in [-0.2, -0.15) is 0 Å². The summed E-state index contributed by atoms with van der Waals surface area (Å²) in [7, 11) is 0. The molecule has 1 aliphatic rings. The molecule has 0 spiro atoms. The molecule has 182 valence electrons. The molecule has 2 aromatic carbocycles. The van der Waals surface area contributed by atoms with Crippen LogP contribution in [0, 0.1) is 12.7 Å². The highest BCUT2D eigenvalue weighted by atomic mass is 32.1. The van der Waals surface area contributed by atoms with Crippen LogP contribution in [-0.2, 0) is 16.0 Å². The van der Waals surface area contributed by atoms with Crippen LogP contribution in [0.15, 0.2) is 60.0 Å². The minimum Gasteiger partial charge on any atom is -0.494 e. The number of nitrogens with zero attached hydrogens (tertiary/aromatic N) is 2. The zero-order valence-electron chi connectivity index (χ0n) is 19.5. The van der Waals surface area contributed by atoms with Gasteiger partial charge in [-0.1, -0.05) is 0 Å². The van der Waals surface area contributed by atoms with E-state index in [0.29, 0.717) is 41.8 Å². The van der Waals surface area contributed by atoms with Crippen LogP contribution in [0.4, 0.5) is 15.8 Å². The van der Waals surface area contributed by atoms with Gasteiger partial charge in [-0.15, -0.1) is 11.3 Å². The lowest BCUT2D eigenvalue weighted by molar-refractivity contribution is -0.124. The Morgan fingerprint density at radius 1 is 1.14 bits per heavy atom. The Morgan fingerprint density at radius 2 is 1.86 bits per heavy atom. The van der Waals surface area contributed by atoms with E-state index in [0.717, 1.165) is 0 Å². The average Bonchev–Trinajstić information content (AvgIpc) is 3.35. The minimum atomic E-state index is -0.741. The van der Waals surface area contributed by atoms with Crippen molar-refractivity contribution in [3.8, 4) is 5.75 Å². The van der Waals surface area contributed by atoms with E-state index in [1.807, 2.05) is 17.2 Å². The lowest BCUT2D eigenvalue weighted by atomic mass is 10.1. The molecule has 4 rings (SSSR count). The molecule has 0 radical (unpaired) electrons. The minimum absolute atomic E-state index is 0.0761. The zero-order chi connectivity index (χ0) is 24.9. The van der Waals surface area contributed by atoms with E-state index in [2.05, 4.69) is 18.3 Å². The topological polar surface area (TPSA) is 61.9 Å². The Balaban J connectivity index is 1.55. The first-order valence-corrected chi connectivity index (χ1v) is 12.6. The highest BCUT2D eigenvalue weighted by Crippen LogP contribution is 2.30. The van der Waals surface area contributed by atoms with Crippen LogP contribution < -0.4 is 15.0 Å². The Labute approximate surface area is 213 Å². The molecular weight excluding hydrogens is 485 g/mol. The molecular formula is C26H26FN3O3S2. The van der Waals surface area contributed by atoms with Gasteiger partial charge in [0.1, 0.15) is 17.6 Å². The van der Waals surface area contributed by atoms with Gasteiger partial charge in [0.15, 0.2) is 5.11 Å². The molecule has 1 aromatic heterocycles. The summed E-state index contributed by atoms with van der Waals surface area (Å²) in [5.74, 6) is -0.283. The van der Waals surface area contributed by atoms with Crippen molar-refractivity contribution in [3.63, 3.8) is 0 Å². The van der Waals surface area contributed by atoms with Crippen molar-refractivity contribution in [1.29, 1.82) is 0 Å². The lowest BCUT2D eigenvalue weighted by Gasteiger charge is -2.24. The molecule has 0 bridgehead atoms. The number of anilines is 2. The molecule has 9 heteroatoms. The van der Waals surface area contributed by atoms with Gasteiger partial charge in [0, 0.05) is 17.1 Å². The summed E-state index contributed by atoms with van der Waals surface area (Å²) in [6.45, 7) is 5.01. The maximum absolute atomic E-state index is 13.5. The first kappa shape index (κ1) is 24.8. The molecule has 1 aliphatic heterocycles. The first-order chi connectivity index (χ1) is 16.9. The van der Waals surface area contributed by atoms with Crippen LogP contribution in [0.1, 0.15) is 23.8 Å². The molecule has 1 fully saturated rings. The number of halogens is 1. The fraction of sp³-hybridized carbons (Fsp3) is 0.269. The monoisotopic (exact) mass is 511 g/mol. The highest BCUT2D eigenvalue weighted by molar-refractivity contribution is 7.80.